The first-order valence-electron chi connectivity index (χ1n) is 6.53. The molecule has 2 aromatic rings. The molecule has 1 aromatic heterocycles. The molecule has 0 aliphatic carbocycles. The number of hydrogen-bond donors (Lipinski definition) is 1. The van der Waals surface area contributed by atoms with Gasteiger partial charge < -0.3 is 5.32 Å². The molecule has 2 rings (SSSR count). The molecule has 100 valence electrons. The molecule has 0 fully saturated rings. The highest BCUT2D eigenvalue weighted by atomic mass is 79.9. The first kappa shape index (κ1) is 14.2. The molecule has 0 aliphatic rings. The van der Waals surface area contributed by atoms with Crippen LogP contribution in [0.2, 0.25) is 0 Å². The standard InChI is InChI=1S/C16H19BrN2/c1-4-19-16(15-10-18-8-7-12(15)3)14-9-13(17)6-5-11(14)2/h5-10,16,19H,4H2,1-3H3. The predicted octanol–water partition coefficient (Wildman–Crippen LogP) is 4.16. The number of aromatic nitrogens is 1. The molecule has 3 heteroatoms. The Bertz CT molecular complexity index is 566. The van der Waals surface area contributed by atoms with E-state index in [4.69, 9.17) is 0 Å². The normalized spacial score (nSPS) is 12.4. The SMILES string of the molecule is CCNC(c1cnccc1C)c1cc(Br)ccc1C. The third-order valence-electron chi connectivity index (χ3n) is 3.35. The molecule has 1 atom stereocenters. The first-order valence-corrected chi connectivity index (χ1v) is 7.32. The van der Waals surface area contributed by atoms with Crippen molar-refractivity contribution in [3.05, 3.63) is 63.4 Å². The number of hydrogen-bond acceptors (Lipinski definition) is 2. The topological polar surface area (TPSA) is 24.9 Å². The summed E-state index contributed by atoms with van der Waals surface area (Å²) in [7, 11) is 0. The Balaban J connectivity index is 2.51. The maximum absolute atomic E-state index is 4.27. The fourth-order valence-corrected chi connectivity index (χ4v) is 2.67. The van der Waals surface area contributed by atoms with E-state index in [0.29, 0.717) is 0 Å². The molecular weight excluding hydrogens is 300 g/mol. The van der Waals surface area contributed by atoms with Crippen molar-refractivity contribution in [3.8, 4) is 0 Å². The number of pyridine rings is 1. The van der Waals surface area contributed by atoms with E-state index in [9.17, 15) is 0 Å². The second kappa shape index (κ2) is 6.31. The second-order valence-electron chi connectivity index (χ2n) is 4.72. The molecule has 0 saturated carbocycles. The molecule has 0 radical (unpaired) electrons. The molecule has 1 aromatic carbocycles. The molecule has 2 nitrogen and oxygen atoms in total. The van der Waals surface area contributed by atoms with Gasteiger partial charge in [-0.15, -0.1) is 0 Å². The molecule has 1 unspecified atom stereocenters. The van der Waals surface area contributed by atoms with Gasteiger partial charge in [-0.05, 0) is 60.8 Å². The lowest BCUT2D eigenvalue weighted by Crippen LogP contribution is -2.23. The molecule has 1 heterocycles. The quantitative estimate of drug-likeness (QED) is 0.915. The molecule has 19 heavy (non-hydrogen) atoms. The van der Waals surface area contributed by atoms with Gasteiger partial charge in [0, 0.05) is 16.9 Å². The maximum atomic E-state index is 4.27. The van der Waals surface area contributed by atoms with E-state index in [1.54, 1.807) is 0 Å². The van der Waals surface area contributed by atoms with Crippen LogP contribution in [0.15, 0.2) is 41.1 Å². The summed E-state index contributed by atoms with van der Waals surface area (Å²) < 4.78 is 1.11. The third-order valence-corrected chi connectivity index (χ3v) is 3.84. The summed E-state index contributed by atoms with van der Waals surface area (Å²) in [5.74, 6) is 0. The molecular formula is C16H19BrN2. The summed E-state index contributed by atoms with van der Waals surface area (Å²) in [5, 5.41) is 3.56. The maximum Gasteiger partial charge on any atom is 0.0597 e. The molecule has 0 aliphatic heterocycles. The zero-order chi connectivity index (χ0) is 13.8. The van der Waals surface area contributed by atoms with Crippen molar-refractivity contribution in [2.24, 2.45) is 0 Å². The highest BCUT2D eigenvalue weighted by Gasteiger charge is 2.17. The predicted molar refractivity (Wildman–Crippen MR) is 83.4 cm³/mol. The van der Waals surface area contributed by atoms with Gasteiger partial charge >= 0.3 is 0 Å². The zero-order valence-corrected chi connectivity index (χ0v) is 13.2. The van der Waals surface area contributed by atoms with Gasteiger partial charge in [0.15, 0.2) is 0 Å². The van der Waals surface area contributed by atoms with Crippen molar-refractivity contribution >= 4 is 15.9 Å². The smallest absolute Gasteiger partial charge is 0.0597 e. The fraction of sp³-hybridized carbons (Fsp3) is 0.312. The van der Waals surface area contributed by atoms with E-state index < -0.39 is 0 Å². The van der Waals surface area contributed by atoms with Crippen LogP contribution in [0.3, 0.4) is 0 Å². The number of nitrogens with one attached hydrogen (secondary N) is 1. The van der Waals surface area contributed by atoms with E-state index in [1.165, 1.54) is 22.3 Å². The molecule has 1 N–H and O–H groups in total. The third kappa shape index (κ3) is 3.23. The molecule has 0 bridgehead atoms. The number of rotatable bonds is 4. The Morgan fingerprint density at radius 3 is 2.58 bits per heavy atom. The van der Waals surface area contributed by atoms with Crippen molar-refractivity contribution in [2.45, 2.75) is 26.8 Å². The fourth-order valence-electron chi connectivity index (χ4n) is 2.29. The van der Waals surface area contributed by atoms with Crippen LogP contribution in [0, 0.1) is 13.8 Å². The van der Waals surface area contributed by atoms with E-state index in [-0.39, 0.29) is 6.04 Å². The van der Waals surface area contributed by atoms with E-state index >= 15 is 0 Å². The lowest BCUT2D eigenvalue weighted by atomic mass is 9.93. The minimum absolute atomic E-state index is 0.191. The highest BCUT2D eigenvalue weighted by Crippen LogP contribution is 2.28. The lowest BCUT2D eigenvalue weighted by molar-refractivity contribution is 0.622. The van der Waals surface area contributed by atoms with Crippen LogP contribution < -0.4 is 5.32 Å². The Hall–Kier alpha value is -1.19. The summed E-state index contributed by atoms with van der Waals surface area (Å²) in [6, 6.07) is 8.67. The lowest BCUT2D eigenvalue weighted by Gasteiger charge is -2.22. The van der Waals surface area contributed by atoms with Crippen molar-refractivity contribution in [3.63, 3.8) is 0 Å². The number of halogens is 1. The van der Waals surface area contributed by atoms with Crippen molar-refractivity contribution in [1.29, 1.82) is 0 Å². The minimum atomic E-state index is 0.191. The van der Waals surface area contributed by atoms with Crippen LogP contribution in [0.5, 0.6) is 0 Å². The largest absolute Gasteiger partial charge is 0.306 e. The van der Waals surface area contributed by atoms with E-state index in [1.807, 2.05) is 12.4 Å². The van der Waals surface area contributed by atoms with Crippen LogP contribution in [-0.2, 0) is 0 Å². The summed E-state index contributed by atoms with van der Waals surface area (Å²) in [5.41, 5.74) is 5.09. The summed E-state index contributed by atoms with van der Waals surface area (Å²) in [6.45, 7) is 7.34. The minimum Gasteiger partial charge on any atom is -0.306 e. The summed E-state index contributed by atoms with van der Waals surface area (Å²) >= 11 is 3.56. The second-order valence-corrected chi connectivity index (χ2v) is 5.64. The average molecular weight is 319 g/mol. The van der Waals surface area contributed by atoms with E-state index in [2.05, 4.69) is 71.3 Å². The number of nitrogens with zero attached hydrogens (tertiary/aromatic N) is 1. The highest BCUT2D eigenvalue weighted by molar-refractivity contribution is 9.10. The first-order chi connectivity index (χ1) is 9.13. The van der Waals surface area contributed by atoms with Gasteiger partial charge in [0.1, 0.15) is 0 Å². The summed E-state index contributed by atoms with van der Waals surface area (Å²) in [4.78, 5) is 4.27. The Labute approximate surface area is 123 Å². The van der Waals surface area contributed by atoms with Crippen molar-refractivity contribution in [2.75, 3.05) is 6.54 Å². The van der Waals surface area contributed by atoms with Gasteiger partial charge in [-0.2, -0.15) is 0 Å². The van der Waals surface area contributed by atoms with Gasteiger partial charge in [-0.1, -0.05) is 28.9 Å². The van der Waals surface area contributed by atoms with Gasteiger partial charge in [0.25, 0.3) is 0 Å². The van der Waals surface area contributed by atoms with Crippen LogP contribution in [0.4, 0.5) is 0 Å². The van der Waals surface area contributed by atoms with Crippen molar-refractivity contribution < 1.29 is 0 Å². The summed E-state index contributed by atoms with van der Waals surface area (Å²) in [6.07, 6.45) is 3.80. The molecule has 0 spiro atoms. The molecule has 0 saturated heterocycles. The zero-order valence-electron chi connectivity index (χ0n) is 11.6. The van der Waals surface area contributed by atoms with Gasteiger partial charge in [0.05, 0.1) is 6.04 Å². The van der Waals surface area contributed by atoms with Crippen LogP contribution in [-0.4, -0.2) is 11.5 Å². The number of aryl methyl sites for hydroxylation is 2. The van der Waals surface area contributed by atoms with Crippen LogP contribution >= 0.6 is 15.9 Å². The van der Waals surface area contributed by atoms with Crippen molar-refractivity contribution in [1.82, 2.24) is 10.3 Å². The van der Waals surface area contributed by atoms with Gasteiger partial charge in [0.2, 0.25) is 0 Å². The van der Waals surface area contributed by atoms with Crippen LogP contribution in [0.1, 0.15) is 35.2 Å². The Kier molecular flexibility index (Phi) is 4.72. The Morgan fingerprint density at radius 2 is 1.89 bits per heavy atom. The van der Waals surface area contributed by atoms with Gasteiger partial charge in [-0.25, -0.2) is 0 Å². The van der Waals surface area contributed by atoms with Crippen LogP contribution in [0.25, 0.3) is 0 Å². The Morgan fingerprint density at radius 1 is 1.16 bits per heavy atom. The monoisotopic (exact) mass is 318 g/mol. The number of benzene rings is 1. The average Bonchev–Trinajstić information content (AvgIpc) is 2.40. The van der Waals surface area contributed by atoms with Gasteiger partial charge in [-0.3, -0.25) is 4.98 Å². The molecule has 0 amide bonds. The van der Waals surface area contributed by atoms with E-state index in [0.717, 1.165) is 11.0 Å².